The summed E-state index contributed by atoms with van der Waals surface area (Å²) in [5.41, 5.74) is 1.17. The lowest BCUT2D eigenvalue weighted by molar-refractivity contribution is 0.527. The number of hydrogen-bond acceptors (Lipinski definition) is 2. The second-order valence-corrected chi connectivity index (χ2v) is 4.52. The van der Waals surface area contributed by atoms with E-state index < -0.39 is 0 Å². The van der Waals surface area contributed by atoms with Gasteiger partial charge in [0.05, 0.1) is 5.69 Å². The van der Waals surface area contributed by atoms with Crippen molar-refractivity contribution in [3.05, 3.63) is 18.0 Å². The lowest BCUT2D eigenvalue weighted by atomic mass is 10.1. The van der Waals surface area contributed by atoms with E-state index in [0.29, 0.717) is 0 Å². The van der Waals surface area contributed by atoms with Gasteiger partial charge in [-0.3, -0.25) is 4.68 Å². The molecule has 0 radical (unpaired) electrons. The predicted octanol–water partition coefficient (Wildman–Crippen LogP) is 1.99. The molecule has 1 N–H and O–H groups in total. The molecule has 1 rings (SSSR count). The first-order valence-electron chi connectivity index (χ1n) is 5.87. The largest absolute Gasteiger partial charge is 0.316 e. The standard InChI is InChI=1S/C12H23N3/c1-11(2)5-4-8-13-9-6-12-7-10-15(3)14-12/h7,10-11,13H,4-6,8-9H2,1-3H3. The molecule has 3 heteroatoms. The highest BCUT2D eigenvalue weighted by molar-refractivity contribution is 4.98. The molecule has 0 saturated carbocycles. The lowest BCUT2D eigenvalue weighted by Crippen LogP contribution is -2.19. The molecule has 0 spiro atoms. The molecule has 0 unspecified atom stereocenters. The summed E-state index contributed by atoms with van der Waals surface area (Å²) in [6.07, 6.45) is 5.62. The molecular weight excluding hydrogens is 186 g/mol. The van der Waals surface area contributed by atoms with Gasteiger partial charge >= 0.3 is 0 Å². The van der Waals surface area contributed by atoms with Gasteiger partial charge in [0.2, 0.25) is 0 Å². The van der Waals surface area contributed by atoms with Crippen molar-refractivity contribution in [1.29, 1.82) is 0 Å². The van der Waals surface area contributed by atoms with E-state index in [-0.39, 0.29) is 0 Å². The molecule has 0 aliphatic rings. The molecule has 0 bridgehead atoms. The van der Waals surface area contributed by atoms with E-state index in [1.165, 1.54) is 18.5 Å². The van der Waals surface area contributed by atoms with Crippen LogP contribution in [0.1, 0.15) is 32.4 Å². The van der Waals surface area contributed by atoms with Crippen molar-refractivity contribution in [2.75, 3.05) is 13.1 Å². The Labute approximate surface area is 92.9 Å². The van der Waals surface area contributed by atoms with Crippen molar-refractivity contribution in [2.45, 2.75) is 33.1 Å². The van der Waals surface area contributed by atoms with Crippen molar-refractivity contribution >= 4 is 0 Å². The number of hydrogen-bond donors (Lipinski definition) is 1. The minimum Gasteiger partial charge on any atom is -0.316 e. The third-order valence-electron chi connectivity index (χ3n) is 2.46. The Morgan fingerprint density at radius 1 is 1.40 bits per heavy atom. The van der Waals surface area contributed by atoms with Gasteiger partial charge in [0.25, 0.3) is 0 Å². The van der Waals surface area contributed by atoms with Gasteiger partial charge in [0.1, 0.15) is 0 Å². The van der Waals surface area contributed by atoms with Crippen LogP contribution in [0.25, 0.3) is 0 Å². The predicted molar refractivity (Wildman–Crippen MR) is 63.9 cm³/mol. The molecule has 86 valence electrons. The molecule has 0 saturated heterocycles. The van der Waals surface area contributed by atoms with Crippen LogP contribution in [0.15, 0.2) is 12.3 Å². The van der Waals surface area contributed by atoms with E-state index in [1.807, 2.05) is 17.9 Å². The summed E-state index contributed by atoms with van der Waals surface area (Å²) in [6.45, 7) is 6.71. The molecule has 0 aliphatic heterocycles. The summed E-state index contributed by atoms with van der Waals surface area (Å²) in [7, 11) is 1.96. The van der Waals surface area contributed by atoms with Gasteiger partial charge in [-0.25, -0.2) is 0 Å². The van der Waals surface area contributed by atoms with Gasteiger partial charge in [-0.1, -0.05) is 13.8 Å². The Hall–Kier alpha value is -0.830. The van der Waals surface area contributed by atoms with Crippen molar-refractivity contribution < 1.29 is 0 Å². The fourth-order valence-electron chi connectivity index (χ4n) is 1.57. The van der Waals surface area contributed by atoms with Crippen LogP contribution in [0.2, 0.25) is 0 Å². The monoisotopic (exact) mass is 209 g/mol. The van der Waals surface area contributed by atoms with Crippen LogP contribution >= 0.6 is 0 Å². The first-order chi connectivity index (χ1) is 7.18. The maximum atomic E-state index is 4.33. The molecule has 1 aromatic rings. The van der Waals surface area contributed by atoms with E-state index in [1.54, 1.807) is 0 Å². The Bertz CT molecular complexity index is 266. The molecule has 0 aliphatic carbocycles. The Kier molecular flexibility index (Phi) is 5.40. The number of aryl methyl sites for hydroxylation is 1. The van der Waals surface area contributed by atoms with Crippen molar-refractivity contribution in [2.24, 2.45) is 13.0 Å². The summed E-state index contributed by atoms with van der Waals surface area (Å²) in [6, 6.07) is 2.08. The molecule has 0 atom stereocenters. The van der Waals surface area contributed by atoms with E-state index in [0.717, 1.165) is 25.4 Å². The van der Waals surface area contributed by atoms with E-state index >= 15 is 0 Å². The average molecular weight is 209 g/mol. The SMILES string of the molecule is CC(C)CCCNCCc1ccn(C)n1. The minimum atomic E-state index is 0.822. The first kappa shape index (κ1) is 12.2. The molecular formula is C12H23N3. The number of nitrogens with one attached hydrogen (secondary N) is 1. The number of aromatic nitrogens is 2. The van der Waals surface area contributed by atoms with Gasteiger partial charge in [-0.15, -0.1) is 0 Å². The normalized spacial score (nSPS) is 11.2. The highest BCUT2D eigenvalue weighted by atomic mass is 15.2. The summed E-state index contributed by atoms with van der Waals surface area (Å²) in [5.74, 6) is 0.822. The number of nitrogens with zero attached hydrogens (tertiary/aromatic N) is 2. The maximum Gasteiger partial charge on any atom is 0.0637 e. The summed E-state index contributed by atoms with van der Waals surface area (Å²) in [4.78, 5) is 0. The van der Waals surface area contributed by atoms with Crippen molar-refractivity contribution in [3.8, 4) is 0 Å². The summed E-state index contributed by atoms with van der Waals surface area (Å²) < 4.78 is 1.86. The van der Waals surface area contributed by atoms with Crippen LogP contribution in [0, 0.1) is 5.92 Å². The van der Waals surface area contributed by atoms with Gasteiger partial charge < -0.3 is 5.32 Å². The van der Waals surface area contributed by atoms with Crippen LogP contribution in [0.5, 0.6) is 0 Å². The number of rotatable bonds is 7. The zero-order valence-electron chi connectivity index (χ0n) is 10.2. The van der Waals surface area contributed by atoms with Crippen LogP contribution in [0.4, 0.5) is 0 Å². The second-order valence-electron chi connectivity index (χ2n) is 4.52. The molecule has 0 amide bonds. The molecule has 0 fully saturated rings. The first-order valence-corrected chi connectivity index (χ1v) is 5.87. The fourth-order valence-corrected chi connectivity index (χ4v) is 1.57. The minimum absolute atomic E-state index is 0.822. The Morgan fingerprint density at radius 2 is 2.20 bits per heavy atom. The highest BCUT2D eigenvalue weighted by Crippen LogP contribution is 2.01. The third kappa shape index (κ3) is 5.57. The van der Waals surface area contributed by atoms with Crippen LogP contribution < -0.4 is 5.32 Å². The van der Waals surface area contributed by atoms with E-state index in [4.69, 9.17) is 0 Å². The molecule has 0 aromatic carbocycles. The topological polar surface area (TPSA) is 29.9 Å². The van der Waals surface area contributed by atoms with Gasteiger partial charge in [-0.05, 0) is 31.4 Å². The van der Waals surface area contributed by atoms with Gasteiger partial charge in [-0.2, -0.15) is 5.10 Å². The average Bonchev–Trinajstić information content (AvgIpc) is 2.57. The van der Waals surface area contributed by atoms with E-state index in [9.17, 15) is 0 Å². The summed E-state index contributed by atoms with van der Waals surface area (Å²) >= 11 is 0. The molecule has 15 heavy (non-hydrogen) atoms. The molecule has 1 heterocycles. The quantitative estimate of drug-likeness (QED) is 0.696. The van der Waals surface area contributed by atoms with Gasteiger partial charge in [0, 0.05) is 26.2 Å². The van der Waals surface area contributed by atoms with Crippen LogP contribution in [-0.4, -0.2) is 22.9 Å². The van der Waals surface area contributed by atoms with Crippen molar-refractivity contribution in [3.63, 3.8) is 0 Å². The van der Waals surface area contributed by atoms with Gasteiger partial charge in [0.15, 0.2) is 0 Å². The zero-order chi connectivity index (χ0) is 11.1. The zero-order valence-corrected chi connectivity index (χ0v) is 10.2. The van der Waals surface area contributed by atoms with E-state index in [2.05, 4.69) is 30.3 Å². The Balaban J connectivity index is 1.98. The highest BCUT2D eigenvalue weighted by Gasteiger charge is 1.96. The third-order valence-corrected chi connectivity index (χ3v) is 2.46. The van der Waals surface area contributed by atoms with Crippen LogP contribution in [0.3, 0.4) is 0 Å². The Morgan fingerprint density at radius 3 is 2.80 bits per heavy atom. The lowest BCUT2D eigenvalue weighted by Gasteiger charge is -2.05. The smallest absolute Gasteiger partial charge is 0.0637 e. The summed E-state index contributed by atoms with van der Waals surface area (Å²) in [5, 5.41) is 7.78. The second kappa shape index (κ2) is 6.62. The fraction of sp³-hybridized carbons (Fsp3) is 0.750. The molecule has 1 aromatic heterocycles. The van der Waals surface area contributed by atoms with Crippen molar-refractivity contribution in [1.82, 2.24) is 15.1 Å². The molecule has 3 nitrogen and oxygen atoms in total. The maximum absolute atomic E-state index is 4.33. The van der Waals surface area contributed by atoms with Crippen LogP contribution in [-0.2, 0) is 13.5 Å².